The molecule has 0 spiro atoms. The van der Waals surface area contributed by atoms with Gasteiger partial charge in [-0.05, 0) is 24.0 Å². The molecule has 2 N–H and O–H groups in total. The van der Waals surface area contributed by atoms with Crippen LogP contribution in [0.5, 0.6) is 0 Å². The van der Waals surface area contributed by atoms with Crippen molar-refractivity contribution in [3.63, 3.8) is 0 Å². The van der Waals surface area contributed by atoms with E-state index in [0.717, 1.165) is 11.3 Å². The second-order valence-corrected chi connectivity index (χ2v) is 4.29. The van der Waals surface area contributed by atoms with E-state index >= 15 is 0 Å². The number of benzene rings is 1. The molecule has 0 aromatic heterocycles. The van der Waals surface area contributed by atoms with Gasteiger partial charge >= 0.3 is 0 Å². The monoisotopic (exact) mass is 224 g/mol. The van der Waals surface area contributed by atoms with Crippen molar-refractivity contribution in [1.29, 1.82) is 0 Å². The van der Waals surface area contributed by atoms with Crippen molar-refractivity contribution in [2.75, 3.05) is 24.8 Å². The SMILES string of the molecule is CSCC(=O)N(C)Cc1cccc(N)c1. The van der Waals surface area contributed by atoms with Crippen molar-refractivity contribution < 1.29 is 4.79 Å². The summed E-state index contributed by atoms with van der Waals surface area (Å²) >= 11 is 1.54. The third-order valence-corrected chi connectivity index (χ3v) is 2.60. The van der Waals surface area contributed by atoms with Crippen molar-refractivity contribution in [1.82, 2.24) is 4.90 Å². The first-order valence-electron chi connectivity index (χ1n) is 4.71. The Kier molecular flexibility index (Phi) is 4.49. The molecule has 82 valence electrons. The fourth-order valence-electron chi connectivity index (χ4n) is 1.29. The summed E-state index contributed by atoms with van der Waals surface area (Å²) in [5.41, 5.74) is 7.46. The van der Waals surface area contributed by atoms with Gasteiger partial charge in [0.05, 0.1) is 5.75 Å². The Bertz CT molecular complexity index is 341. The van der Waals surface area contributed by atoms with E-state index in [1.165, 1.54) is 11.8 Å². The van der Waals surface area contributed by atoms with Gasteiger partial charge in [0.1, 0.15) is 0 Å². The van der Waals surface area contributed by atoms with Crippen LogP contribution in [0.3, 0.4) is 0 Å². The van der Waals surface area contributed by atoms with E-state index in [-0.39, 0.29) is 5.91 Å². The zero-order valence-electron chi connectivity index (χ0n) is 9.06. The highest BCUT2D eigenvalue weighted by Gasteiger charge is 2.07. The fourth-order valence-corrected chi connectivity index (χ4v) is 1.75. The van der Waals surface area contributed by atoms with E-state index in [9.17, 15) is 4.79 Å². The van der Waals surface area contributed by atoms with E-state index in [4.69, 9.17) is 5.73 Å². The molecule has 0 aliphatic carbocycles. The molecule has 15 heavy (non-hydrogen) atoms. The minimum Gasteiger partial charge on any atom is -0.399 e. The molecule has 1 rings (SSSR count). The molecule has 0 saturated heterocycles. The van der Waals surface area contributed by atoms with E-state index in [0.29, 0.717) is 12.3 Å². The molecule has 0 saturated carbocycles. The average molecular weight is 224 g/mol. The summed E-state index contributed by atoms with van der Waals surface area (Å²) < 4.78 is 0. The van der Waals surface area contributed by atoms with Crippen LogP contribution in [0.2, 0.25) is 0 Å². The van der Waals surface area contributed by atoms with Gasteiger partial charge in [0.2, 0.25) is 5.91 Å². The average Bonchev–Trinajstić information content (AvgIpc) is 2.18. The van der Waals surface area contributed by atoms with Gasteiger partial charge in [-0.3, -0.25) is 4.79 Å². The molecular weight excluding hydrogens is 208 g/mol. The van der Waals surface area contributed by atoms with Gasteiger partial charge in [-0.2, -0.15) is 11.8 Å². The first kappa shape index (κ1) is 11.9. The lowest BCUT2D eigenvalue weighted by Gasteiger charge is -2.16. The number of nitrogens with two attached hydrogens (primary N) is 1. The summed E-state index contributed by atoms with van der Waals surface area (Å²) in [5, 5.41) is 0. The molecular formula is C11H16N2OS. The number of carbonyl (C=O) groups excluding carboxylic acids is 1. The smallest absolute Gasteiger partial charge is 0.232 e. The number of hydrogen-bond donors (Lipinski definition) is 1. The summed E-state index contributed by atoms with van der Waals surface area (Å²) in [6, 6.07) is 7.60. The molecule has 0 fully saturated rings. The molecule has 3 nitrogen and oxygen atoms in total. The number of nitrogens with zero attached hydrogens (tertiary/aromatic N) is 1. The topological polar surface area (TPSA) is 46.3 Å². The Labute approximate surface area is 94.6 Å². The maximum atomic E-state index is 11.5. The largest absolute Gasteiger partial charge is 0.399 e. The van der Waals surface area contributed by atoms with Crippen molar-refractivity contribution in [2.24, 2.45) is 0 Å². The van der Waals surface area contributed by atoms with Crippen LogP contribution in [0.15, 0.2) is 24.3 Å². The van der Waals surface area contributed by atoms with Crippen molar-refractivity contribution in [2.45, 2.75) is 6.54 Å². The number of rotatable bonds is 4. The second kappa shape index (κ2) is 5.66. The van der Waals surface area contributed by atoms with Crippen LogP contribution in [0, 0.1) is 0 Å². The maximum absolute atomic E-state index is 11.5. The normalized spacial score (nSPS) is 10.0. The van der Waals surface area contributed by atoms with Crippen LogP contribution in [-0.4, -0.2) is 29.9 Å². The van der Waals surface area contributed by atoms with Gasteiger partial charge in [0.25, 0.3) is 0 Å². The van der Waals surface area contributed by atoms with Crippen molar-refractivity contribution >= 4 is 23.4 Å². The summed E-state index contributed by atoms with van der Waals surface area (Å²) in [5.74, 6) is 0.670. The van der Waals surface area contributed by atoms with Crippen LogP contribution in [0.1, 0.15) is 5.56 Å². The Morgan fingerprint density at radius 3 is 2.87 bits per heavy atom. The van der Waals surface area contributed by atoms with Crippen LogP contribution in [0.25, 0.3) is 0 Å². The zero-order chi connectivity index (χ0) is 11.3. The fraction of sp³-hybridized carbons (Fsp3) is 0.364. The molecule has 0 atom stereocenters. The lowest BCUT2D eigenvalue weighted by molar-refractivity contribution is -0.127. The van der Waals surface area contributed by atoms with E-state index in [1.54, 1.807) is 4.90 Å². The number of hydrogen-bond acceptors (Lipinski definition) is 3. The molecule has 0 heterocycles. The van der Waals surface area contributed by atoms with Crippen LogP contribution >= 0.6 is 11.8 Å². The number of nitrogen functional groups attached to an aromatic ring is 1. The molecule has 1 aromatic rings. The first-order valence-corrected chi connectivity index (χ1v) is 6.10. The van der Waals surface area contributed by atoms with Gasteiger partial charge in [-0.25, -0.2) is 0 Å². The van der Waals surface area contributed by atoms with Crippen LogP contribution in [0.4, 0.5) is 5.69 Å². The third-order valence-electron chi connectivity index (χ3n) is 2.06. The number of anilines is 1. The molecule has 0 bridgehead atoms. The van der Waals surface area contributed by atoms with Gasteiger partial charge in [-0.15, -0.1) is 0 Å². The standard InChI is InChI=1S/C11H16N2OS/c1-13(11(14)8-15-2)7-9-4-3-5-10(12)6-9/h3-6H,7-8,12H2,1-2H3. The van der Waals surface area contributed by atoms with Crippen LogP contribution < -0.4 is 5.73 Å². The third kappa shape index (κ3) is 3.83. The molecule has 0 unspecified atom stereocenters. The van der Waals surface area contributed by atoms with Crippen molar-refractivity contribution in [3.05, 3.63) is 29.8 Å². The predicted molar refractivity (Wildman–Crippen MR) is 65.7 cm³/mol. The lowest BCUT2D eigenvalue weighted by atomic mass is 10.2. The second-order valence-electron chi connectivity index (χ2n) is 3.43. The van der Waals surface area contributed by atoms with E-state index in [2.05, 4.69) is 0 Å². The molecule has 4 heteroatoms. The molecule has 0 aliphatic heterocycles. The highest BCUT2D eigenvalue weighted by molar-refractivity contribution is 7.99. The number of thioether (sulfide) groups is 1. The van der Waals surface area contributed by atoms with Gasteiger partial charge < -0.3 is 10.6 Å². The molecule has 1 amide bonds. The van der Waals surface area contributed by atoms with Gasteiger partial charge in [-0.1, -0.05) is 12.1 Å². The number of amides is 1. The summed E-state index contributed by atoms with van der Waals surface area (Å²) in [4.78, 5) is 13.2. The summed E-state index contributed by atoms with van der Waals surface area (Å²) in [6.45, 7) is 0.616. The highest BCUT2D eigenvalue weighted by atomic mass is 32.2. The molecule has 1 aromatic carbocycles. The first-order chi connectivity index (χ1) is 7.13. The summed E-state index contributed by atoms with van der Waals surface area (Å²) in [6.07, 6.45) is 1.92. The maximum Gasteiger partial charge on any atom is 0.232 e. The zero-order valence-corrected chi connectivity index (χ0v) is 9.88. The minimum absolute atomic E-state index is 0.143. The van der Waals surface area contributed by atoms with Crippen molar-refractivity contribution in [3.8, 4) is 0 Å². The van der Waals surface area contributed by atoms with Gasteiger partial charge in [0, 0.05) is 19.3 Å². The highest BCUT2D eigenvalue weighted by Crippen LogP contribution is 2.09. The Hall–Kier alpha value is -1.16. The number of carbonyl (C=O) groups is 1. The van der Waals surface area contributed by atoms with Crippen LogP contribution in [-0.2, 0) is 11.3 Å². The Morgan fingerprint density at radius 2 is 2.27 bits per heavy atom. The molecule has 0 aliphatic rings. The molecule has 0 radical (unpaired) electrons. The lowest BCUT2D eigenvalue weighted by Crippen LogP contribution is -2.27. The Balaban J connectivity index is 2.58. The predicted octanol–water partition coefficient (Wildman–Crippen LogP) is 1.59. The van der Waals surface area contributed by atoms with E-state index < -0.39 is 0 Å². The quantitative estimate of drug-likeness (QED) is 0.790. The summed E-state index contributed by atoms with van der Waals surface area (Å²) in [7, 11) is 1.81. The Morgan fingerprint density at radius 1 is 1.53 bits per heavy atom. The van der Waals surface area contributed by atoms with E-state index in [1.807, 2.05) is 37.6 Å². The van der Waals surface area contributed by atoms with Gasteiger partial charge in [0.15, 0.2) is 0 Å². The minimum atomic E-state index is 0.143.